The van der Waals surface area contributed by atoms with Crippen molar-refractivity contribution in [3.63, 3.8) is 0 Å². The third kappa shape index (κ3) is 5.16. The van der Waals surface area contributed by atoms with E-state index in [2.05, 4.69) is 4.90 Å². The lowest BCUT2D eigenvalue weighted by molar-refractivity contribution is -0.128. The number of rotatable bonds is 4. The topological polar surface area (TPSA) is 23.6 Å². The summed E-state index contributed by atoms with van der Waals surface area (Å²) in [6, 6.07) is 6.23. The summed E-state index contributed by atoms with van der Waals surface area (Å²) < 4.78 is 0. The van der Waals surface area contributed by atoms with Gasteiger partial charge in [0.05, 0.1) is 10.0 Å². The molecule has 0 radical (unpaired) electrons. The molecule has 0 spiro atoms. The fourth-order valence-corrected chi connectivity index (χ4v) is 4.41. The summed E-state index contributed by atoms with van der Waals surface area (Å²) in [6.07, 6.45) is 10.8. The van der Waals surface area contributed by atoms with Gasteiger partial charge in [-0.3, -0.25) is 9.69 Å². The van der Waals surface area contributed by atoms with Gasteiger partial charge in [0.15, 0.2) is 0 Å². The summed E-state index contributed by atoms with van der Waals surface area (Å²) in [7, 11) is 1.95. The number of carbonyl (C=O) groups excluding carboxylic acids is 1. The maximum atomic E-state index is 12.7. The number of carbonyl (C=O) groups is 1. The zero-order chi connectivity index (χ0) is 17.8. The van der Waals surface area contributed by atoms with E-state index in [1.165, 1.54) is 45.2 Å². The zero-order valence-electron chi connectivity index (χ0n) is 15.2. The van der Waals surface area contributed by atoms with Gasteiger partial charge in [-0.2, -0.15) is 0 Å². The van der Waals surface area contributed by atoms with Gasteiger partial charge in [-0.25, -0.2) is 0 Å². The molecule has 1 aliphatic heterocycles. The third-order valence-electron chi connectivity index (χ3n) is 5.51. The molecule has 1 aromatic rings. The smallest absolute Gasteiger partial charge is 0.246 e. The number of amides is 1. The molecule has 0 bridgehead atoms. The van der Waals surface area contributed by atoms with E-state index >= 15 is 0 Å². The van der Waals surface area contributed by atoms with Gasteiger partial charge in [0.25, 0.3) is 0 Å². The lowest BCUT2D eigenvalue weighted by Gasteiger charge is -2.42. The second-order valence-electron chi connectivity index (χ2n) is 7.12. The largest absolute Gasteiger partial charge is 0.338 e. The van der Waals surface area contributed by atoms with E-state index in [9.17, 15) is 4.79 Å². The summed E-state index contributed by atoms with van der Waals surface area (Å²) in [4.78, 5) is 17.2. The Hall–Kier alpha value is -0.740. The van der Waals surface area contributed by atoms with E-state index in [0.29, 0.717) is 22.1 Å². The normalized spacial score (nSPS) is 23.8. The van der Waals surface area contributed by atoms with Crippen molar-refractivity contribution < 1.29 is 4.79 Å². The van der Waals surface area contributed by atoms with Crippen molar-refractivity contribution in [3.8, 4) is 0 Å². The highest BCUT2D eigenvalue weighted by Crippen LogP contribution is 2.29. The lowest BCUT2D eigenvalue weighted by atomic mass is 9.88. The van der Waals surface area contributed by atoms with Crippen molar-refractivity contribution in [1.82, 2.24) is 9.80 Å². The highest BCUT2D eigenvalue weighted by atomic mass is 35.5. The Bertz CT molecular complexity index is 644. The minimum Gasteiger partial charge on any atom is -0.338 e. The summed E-state index contributed by atoms with van der Waals surface area (Å²) in [6.45, 7) is 2.37. The molecular formula is C20H27Cl3N2O. The standard InChI is InChI=1S/C20H26Cl2N2O.ClH/c1-23(18-6-2-3-7-19(18)24-12-4-5-13-24)20(25)11-9-15-8-10-16(21)17(22)14-15;/h8-11,14,18-19H,2-7,12-13H2,1H3;1H/b11-9+;/t18-,19-;/m1./s1. The SMILES string of the molecule is CN(C(=O)/C=C/c1ccc(Cl)c(Cl)c1)[C@@H]1CCCC[C@H]1N1CCCC1.Cl. The van der Waals surface area contributed by atoms with Crippen LogP contribution in [0.15, 0.2) is 24.3 Å². The first-order valence-corrected chi connectivity index (χ1v) is 9.96. The fraction of sp³-hybridized carbons (Fsp3) is 0.550. The zero-order valence-corrected chi connectivity index (χ0v) is 17.5. The monoisotopic (exact) mass is 416 g/mol. The number of likely N-dealkylation sites (tertiary alicyclic amines) is 1. The van der Waals surface area contributed by atoms with Crippen molar-refractivity contribution in [2.24, 2.45) is 0 Å². The van der Waals surface area contributed by atoms with Crippen LogP contribution in [0.2, 0.25) is 10.0 Å². The van der Waals surface area contributed by atoms with E-state index in [1.54, 1.807) is 18.2 Å². The Morgan fingerprint density at radius 3 is 2.50 bits per heavy atom. The molecule has 1 saturated heterocycles. The number of halogens is 3. The maximum absolute atomic E-state index is 12.7. The molecule has 3 nitrogen and oxygen atoms in total. The van der Waals surface area contributed by atoms with Crippen LogP contribution in [-0.2, 0) is 4.79 Å². The molecule has 1 aliphatic carbocycles. The Labute approximate surface area is 172 Å². The Morgan fingerprint density at radius 1 is 1.12 bits per heavy atom. The van der Waals surface area contributed by atoms with Crippen LogP contribution in [-0.4, -0.2) is 47.9 Å². The van der Waals surface area contributed by atoms with Crippen molar-refractivity contribution in [2.45, 2.75) is 50.6 Å². The lowest BCUT2D eigenvalue weighted by Crippen LogP contribution is -2.52. The minimum absolute atomic E-state index is 0. The van der Waals surface area contributed by atoms with Gasteiger partial charge in [0.2, 0.25) is 5.91 Å². The molecule has 0 N–H and O–H groups in total. The number of hydrogen-bond donors (Lipinski definition) is 0. The summed E-state index contributed by atoms with van der Waals surface area (Å²) >= 11 is 12.0. The van der Waals surface area contributed by atoms with Crippen LogP contribution >= 0.6 is 35.6 Å². The van der Waals surface area contributed by atoms with Gasteiger partial charge >= 0.3 is 0 Å². The number of nitrogens with zero attached hydrogens (tertiary/aromatic N) is 2. The van der Waals surface area contributed by atoms with Crippen LogP contribution in [0.5, 0.6) is 0 Å². The average Bonchev–Trinajstić information content (AvgIpc) is 3.16. The molecule has 3 rings (SSSR count). The molecule has 1 aromatic carbocycles. The van der Waals surface area contributed by atoms with Crippen molar-refractivity contribution in [2.75, 3.05) is 20.1 Å². The highest BCUT2D eigenvalue weighted by molar-refractivity contribution is 6.42. The molecule has 1 heterocycles. The highest BCUT2D eigenvalue weighted by Gasteiger charge is 2.34. The molecule has 1 saturated carbocycles. The summed E-state index contributed by atoms with van der Waals surface area (Å²) in [5.74, 6) is 0.0576. The van der Waals surface area contributed by atoms with Crippen LogP contribution in [0, 0.1) is 0 Å². The van der Waals surface area contributed by atoms with Gasteiger partial charge in [0, 0.05) is 25.2 Å². The van der Waals surface area contributed by atoms with Crippen molar-refractivity contribution in [3.05, 3.63) is 39.9 Å². The van der Waals surface area contributed by atoms with Crippen molar-refractivity contribution in [1.29, 1.82) is 0 Å². The number of hydrogen-bond acceptors (Lipinski definition) is 2. The van der Waals surface area contributed by atoms with E-state index < -0.39 is 0 Å². The molecule has 2 aliphatic rings. The molecule has 2 fully saturated rings. The van der Waals surface area contributed by atoms with Crippen LogP contribution in [0.3, 0.4) is 0 Å². The van der Waals surface area contributed by atoms with E-state index in [-0.39, 0.29) is 18.3 Å². The van der Waals surface area contributed by atoms with Gasteiger partial charge < -0.3 is 4.90 Å². The Morgan fingerprint density at radius 2 is 1.81 bits per heavy atom. The molecule has 0 aromatic heterocycles. The van der Waals surface area contributed by atoms with Crippen LogP contribution in [0.1, 0.15) is 44.1 Å². The molecular weight excluding hydrogens is 391 g/mol. The maximum Gasteiger partial charge on any atom is 0.246 e. The second kappa shape index (κ2) is 9.98. The molecule has 6 heteroatoms. The van der Waals surface area contributed by atoms with Crippen LogP contribution in [0.4, 0.5) is 0 Å². The fourth-order valence-electron chi connectivity index (χ4n) is 4.11. The van der Waals surface area contributed by atoms with E-state index in [0.717, 1.165) is 12.0 Å². The summed E-state index contributed by atoms with van der Waals surface area (Å²) in [5, 5.41) is 1.03. The Balaban J connectivity index is 0.00000243. The molecule has 0 unspecified atom stereocenters. The minimum atomic E-state index is 0. The van der Waals surface area contributed by atoms with Gasteiger partial charge in [-0.1, -0.05) is 42.1 Å². The predicted molar refractivity (Wildman–Crippen MR) is 112 cm³/mol. The third-order valence-corrected chi connectivity index (χ3v) is 6.25. The first-order valence-electron chi connectivity index (χ1n) is 9.20. The van der Waals surface area contributed by atoms with E-state index in [4.69, 9.17) is 23.2 Å². The molecule has 26 heavy (non-hydrogen) atoms. The van der Waals surface area contributed by atoms with E-state index in [1.807, 2.05) is 24.1 Å². The average molecular weight is 418 g/mol. The van der Waals surface area contributed by atoms with Crippen LogP contribution < -0.4 is 0 Å². The first-order chi connectivity index (χ1) is 12.1. The van der Waals surface area contributed by atoms with Gasteiger partial charge in [-0.05, 0) is 62.5 Å². The van der Waals surface area contributed by atoms with Gasteiger partial charge in [-0.15, -0.1) is 12.4 Å². The van der Waals surface area contributed by atoms with Gasteiger partial charge in [0.1, 0.15) is 0 Å². The number of benzene rings is 1. The first kappa shape index (κ1) is 21.6. The summed E-state index contributed by atoms with van der Waals surface area (Å²) in [5.41, 5.74) is 0.885. The Kier molecular flexibility index (Phi) is 8.28. The predicted octanol–water partition coefficient (Wildman–Crippen LogP) is 5.29. The van der Waals surface area contributed by atoms with Crippen molar-refractivity contribution >= 4 is 47.6 Å². The molecule has 1 amide bonds. The molecule has 144 valence electrons. The van der Waals surface area contributed by atoms with Crippen LogP contribution in [0.25, 0.3) is 6.08 Å². The molecule has 2 atom stereocenters. The number of likely N-dealkylation sites (N-methyl/N-ethyl adjacent to an activating group) is 1. The quantitative estimate of drug-likeness (QED) is 0.621. The second-order valence-corrected chi connectivity index (χ2v) is 7.93.